The third-order valence-electron chi connectivity index (χ3n) is 18.0. The highest BCUT2D eigenvalue weighted by Crippen LogP contribution is 2.18. The predicted octanol–water partition coefficient (Wildman–Crippen LogP) is -8.89. The highest BCUT2D eigenvalue weighted by Gasteiger charge is 2.40. The fraction of sp³-hybridized carbons (Fsp3) is 0.569. The molecule has 31 N–H and O–H groups in total. The SMILES string of the molecule is CC[C@H](C)[C@H](NC(=O)[C@H](CCCN=C(N)N)NC(=O)CNC(=O)CNC(=O)[C@H](Cc1ccccc1)NC(=O)[C@@H](C)NC(=O)[C@H](CS)NC(=O)[C@H](CO)NC(=O)[C@@H](N)CO)C(=O)N[C@@H](CC(=O)O)C(=O)N[C@@H](CCCN=C(N)N)C(=O)N[C@H](C(=O)N[C@@H](Cc1ccccc1)C(=O)N(C(=O)CC(N)CS)[C@H](C=O)CCCN=C(N)N)[C@@H](C)CC. The van der Waals surface area contributed by atoms with E-state index in [1.165, 1.54) is 13.8 Å². The minimum Gasteiger partial charge on any atom is -0.481 e. The summed E-state index contributed by atoms with van der Waals surface area (Å²) in [4.78, 5) is 233. The topological polar surface area (TPSA) is 727 Å². The molecule has 45 heteroatoms. The minimum absolute atomic E-state index is 0.0136. The Morgan fingerprint density at radius 1 is 0.453 bits per heavy atom. The fourth-order valence-electron chi connectivity index (χ4n) is 11.0. The van der Waals surface area contributed by atoms with E-state index in [9.17, 15) is 92.0 Å². The first-order valence-corrected chi connectivity index (χ1v) is 38.9. The largest absolute Gasteiger partial charge is 0.481 e. The van der Waals surface area contributed by atoms with E-state index in [0.29, 0.717) is 17.4 Å². The van der Waals surface area contributed by atoms with Crippen molar-refractivity contribution in [1.29, 1.82) is 0 Å². The van der Waals surface area contributed by atoms with Crippen molar-refractivity contribution in [2.75, 3.05) is 57.4 Å². The van der Waals surface area contributed by atoms with Gasteiger partial charge in [0.15, 0.2) is 17.9 Å². The van der Waals surface area contributed by atoms with E-state index < -0.39 is 218 Å². The number of aliphatic imine (C=N–C) groups is 3. The molecule has 1 unspecified atom stereocenters. The Bertz CT molecular complexity index is 3730. The molecule has 0 bridgehead atoms. The number of carboxylic acids is 1. The maximum absolute atomic E-state index is 14.9. The number of hydrogen-bond donors (Lipinski definition) is 25. The molecule has 0 spiro atoms. The smallest absolute Gasteiger partial charge is 0.305 e. The molecule has 0 saturated heterocycles. The quantitative estimate of drug-likeness (QED) is 0.00961. The molecule has 2 aromatic carbocycles. The molecule has 0 aliphatic carbocycles. The van der Waals surface area contributed by atoms with Gasteiger partial charge in [0.1, 0.15) is 72.7 Å². The van der Waals surface area contributed by atoms with Gasteiger partial charge in [-0.25, -0.2) is 0 Å². The van der Waals surface area contributed by atoms with E-state index in [-0.39, 0.29) is 113 Å². The molecule has 0 fully saturated rings. The van der Waals surface area contributed by atoms with Crippen LogP contribution in [0.1, 0.15) is 110 Å². The van der Waals surface area contributed by atoms with Crippen molar-refractivity contribution in [2.45, 2.75) is 190 Å². The number of nitrogens with one attached hydrogen (secondary N) is 12. The molecule has 2 rings (SSSR count). The Morgan fingerprint density at radius 2 is 0.872 bits per heavy atom. The summed E-state index contributed by atoms with van der Waals surface area (Å²) < 4.78 is 0. The lowest BCUT2D eigenvalue weighted by molar-refractivity contribution is -0.152. The van der Waals surface area contributed by atoms with Crippen LogP contribution in [-0.4, -0.2) is 269 Å². The average Bonchev–Trinajstić information content (AvgIpc) is 0.821. The van der Waals surface area contributed by atoms with Crippen LogP contribution in [0.25, 0.3) is 0 Å². The molecule has 0 aliphatic heterocycles. The maximum Gasteiger partial charge on any atom is 0.305 e. The van der Waals surface area contributed by atoms with Crippen LogP contribution >= 0.6 is 25.3 Å². The van der Waals surface area contributed by atoms with Crippen LogP contribution in [0, 0.1) is 11.8 Å². The van der Waals surface area contributed by atoms with Crippen LogP contribution in [0.3, 0.4) is 0 Å². The second kappa shape index (κ2) is 54.5. The van der Waals surface area contributed by atoms with Gasteiger partial charge in [0, 0.05) is 56.4 Å². The first-order chi connectivity index (χ1) is 55.4. The summed E-state index contributed by atoms with van der Waals surface area (Å²) >= 11 is 8.27. The van der Waals surface area contributed by atoms with Crippen molar-refractivity contribution in [2.24, 2.45) is 72.7 Å². The van der Waals surface area contributed by atoms with Gasteiger partial charge < -0.3 is 130 Å². The number of nitrogens with zero attached hydrogens (tertiary/aromatic N) is 4. The number of carbonyl (C=O) groups is 16. The fourth-order valence-corrected chi connectivity index (χ4v) is 11.4. The van der Waals surface area contributed by atoms with Crippen molar-refractivity contribution in [3.05, 3.63) is 71.8 Å². The molecule has 0 saturated carbocycles. The molecule has 0 radical (unpaired) electrons. The number of hydrogen-bond acceptors (Lipinski definition) is 25. The number of aldehydes is 1. The monoisotopic (exact) mass is 1680 g/mol. The highest BCUT2D eigenvalue weighted by molar-refractivity contribution is 7.80. The zero-order chi connectivity index (χ0) is 88.0. The van der Waals surface area contributed by atoms with Gasteiger partial charge in [-0.3, -0.25) is 91.8 Å². The maximum atomic E-state index is 14.9. The van der Waals surface area contributed by atoms with E-state index in [1.54, 1.807) is 81.4 Å². The number of aliphatic hydroxyl groups excluding tert-OH is 2. The number of guanidine groups is 3. The molecule has 0 aliphatic rings. The summed E-state index contributed by atoms with van der Waals surface area (Å²) in [6.07, 6.45) is -1.71. The molecular formula is C72H116N24O19S2. The normalized spacial score (nSPS) is 14.8. The Labute approximate surface area is 687 Å². The molecule has 14 amide bonds. The van der Waals surface area contributed by atoms with Gasteiger partial charge in [-0.1, -0.05) is 101 Å². The average molecular weight is 1690 g/mol. The molecule has 117 heavy (non-hydrogen) atoms. The Balaban J connectivity index is 2.47. The number of imide groups is 1. The summed E-state index contributed by atoms with van der Waals surface area (Å²) in [6.45, 7) is 4.21. The van der Waals surface area contributed by atoms with Gasteiger partial charge in [-0.2, -0.15) is 25.3 Å². The second-order valence-corrected chi connectivity index (χ2v) is 28.1. The molecule has 0 heterocycles. The summed E-state index contributed by atoms with van der Waals surface area (Å²) in [5, 5.41) is 58.3. The number of carbonyl (C=O) groups excluding carboxylic acids is 15. The van der Waals surface area contributed by atoms with Crippen molar-refractivity contribution >= 4 is 138 Å². The molecule has 43 nitrogen and oxygen atoms in total. The van der Waals surface area contributed by atoms with Crippen molar-refractivity contribution < 1.29 is 92.0 Å². The Morgan fingerprint density at radius 3 is 1.32 bits per heavy atom. The van der Waals surface area contributed by atoms with Crippen LogP contribution in [0.4, 0.5) is 0 Å². The van der Waals surface area contributed by atoms with Gasteiger partial charge >= 0.3 is 5.97 Å². The molecule has 650 valence electrons. The summed E-state index contributed by atoms with van der Waals surface area (Å²) in [7, 11) is 0. The predicted molar refractivity (Wildman–Crippen MR) is 436 cm³/mol. The van der Waals surface area contributed by atoms with Crippen LogP contribution in [0.2, 0.25) is 0 Å². The first-order valence-electron chi connectivity index (χ1n) is 37.7. The molecule has 15 atom stereocenters. The number of rotatable bonds is 55. The van der Waals surface area contributed by atoms with Crippen LogP contribution in [-0.2, 0) is 89.6 Å². The lowest BCUT2D eigenvalue weighted by atomic mass is 9.96. The number of aliphatic carboxylic acids is 1. The summed E-state index contributed by atoms with van der Waals surface area (Å²) in [6, 6.07) is -2.85. The van der Waals surface area contributed by atoms with E-state index in [0.717, 1.165) is 4.90 Å². The first kappa shape index (κ1) is 102. The Kier molecular flexibility index (Phi) is 47.4. The lowest BCUT2D eigenvalue weighted by Crippen LogP contribution is -2.62. The molecule has 2 aromatic rings. The number of amides is 14. The van der Waals surface area contributed by atoms with E-state index in [1.807, 2.05) is 0 Å². The van der Waals surface area contributed by atoms with Crippen LogP contribution < -0.4 is 110 Å². The third kappa shape index (κ3) is 38.4. The number of aliphatic hydroxyl groups is 2. The standard InChI is InChI=1S/C72H116N24O19S2/c1-6-38(3)57(94-62(108)46(22-15-25-82-71(77)78)87-54(101)32-84-53(100)31-85-61(107)48(27-41-17-10-8-11-18-41)89-59(105)40(5)86-66(112)52(37-117)93-65(111)51(35-99)92-60(106)45(74)34-98)67(113)90-49(30-56(103)104)64(110)88-47(23-16-26-83-72(79)80)63(109)95-58(39(4)7-2)68(114)91-50(28-42-19-12-9-13-20-42)69(115)96(55(102)29-43(73)36-116)44(33-97)21-14-24-81-70(75)76/h8-13,17-20,33,38-40,43-52,57-58,98-99,116-117H,6-7,14-16,21-32,34-37,73-74H2,1-5H3,(H,84,100)(H,85,107)(H,86,112)(H,87,101)(H,88,110)(H,89,105)(H,90,113)(H,91,114)(H,92,106)(H,93,111)(H,94,108)(H,95,109)(H,103,104)(H4,75,76,81)(H4,77,78,82)(H4,79,80,83)/t38-,39-,40+,43?,44-,45-,46-,47-,48-,49-,50-,51-,52-,57-,58-/m0/s1. The van der Waals surface area contributed by atoms with Gasteiger partial charge in [-0.15, -0.1) is 0 Å². The van der Waals surface area contributed by atoms with Crippen molar-refractivity contribution in [3.8, 4) is 0 Å². The molecule has 0 aromatic heterocycles. The molecular weight excluding hydrogens is 1570 g/mol. The van der Waals surface area contributed by atoms with E-state index in [2.05, 4.69) is 104 Å². The summed E-state index contributed by atoms with van der Waals surface area (Å²) in [5.41, 5.74) is 45.8. The minimum atomic E-state index is -2.00. The van der Waals surface area contributed by atoms with E-state index in [4.69, 9.17) is 45.9 Å². The van der Waals surface area contributed by atoms with Crippen molar-refractivity contribution in [3.63, 3.8) is 0 Å². The third-order valence-corrected chi connectivity index (χ3v) is 18.8. The van der Waals surface area contributed by atoms with Gasteiger partial charge in [-0.05, 0) is 68.4 Å². The second-order valence-electron chi connectivity index (χ2n) is 27.4. The number of nitrogens with two attached hydrogens (primary N) is 8. The van der Waals surface area contributed by atoms with Crippen LogP contribution in [0.15, 0.2) is 75.6 Å². The van der Waals surface area contributed by atoms with E-state index >= 15 is 0 Å². The Hall–Kier alpha value is -11.3. The number of thiol groups is 2. The van der Waals surface area contributed by atoms with Crippen LogP contribution in [0.5, 0.6) is 0 Å². The zero-order valence-electron chi connectivity index (χ0n) is 66.0. The van der Waals surface area contributed by atoms with Crippen molar-refractivity contribution in [1.82, 2.24) is 68.7 Å². The zero-order valence-corrected chi connectivity index (χ0v) is 67.8. The lowest BCUT2D eigenvalue weighted by Gasteiger charge is -2.33. The number of carboxylic acid groups (broad SMARTS) is 1. The van der Waals surface area contributed by atoms with Gasteiger partial charge in [0.25, 0.3) is 5.91 Å². The summed E-state index contributed by atoms with van der Waals surface area (Å²) in [5.74, 6) is -18.4. The van der Waals surface area contributed by atoms with Gasteiger partial charge in [0.05, 0.1) is 38.8 Å². The van der Waals surface area contributed by atoms with Gasteiger partial charge in [0.2, 0.25) is 76.8 Å². The number of benzene rings is 2. The highest BCUT2D eigenvalue weighted by atomic mass is 32.1.